The second-order valence-corrected chi connectivity index (χ2v) is 6.03. The summed E-state index contributed by atoms with van der Waals surface area (Å²) in [5.41, 5.74) is 0. The number of rotatable bonds is 3. The zero-order valence-electron chi connectivity index (χ0n) is 8.84. The van der Waals surface area contributed by atoms with Gasteiger partial charge in [0.1, 0.15) is 12.4 Å². The van der Waals surface area contributed by atoms with E-state index < -0.39 is 7.81 Å². The Kier molecular flexibility index (Phi) is 4.67. The summed E-state index contributed by atoms with van der Waals surface area (Å²) >= 11 is 3.39. The van der Waals surface area contributed by atoms with Gasteiger partial charge in [-0.25, -0.2) is 9.13 Å². The molecule has 1 rings (SSSR count). The molecule has 0 aromatic carbocycles. The number of aryl methyl sites for hydroxylation is 2. The van der Waals surface area contributed by atoms with Gasteiger partial charge in [0.2, 0.25) is 6.33 Å². The summed E-state index contributed by atoms with van der Waals surface area (Å²) in [5, 5.41) is 1.08. The van der Waals surface area contributed by atoms with Crippen LogP contribution in [0.1, 0.15) is 6.42 Å². The summed E-state index contributed by atoms with van der Waals surface area (Å²) < 4.78 is 63.4. The maximum atomic E-state index is 9.87. The molecular weight excluding hydrogens is 337 g/mol. The molecule has 0 saturated heterocycles. The van der Waals surface area contributed by atoms with Crippen molar-refractivity contribution in [2.45, 2.75) is 13.0 Å². The van der Waals surface area contributed by atoms with Gasteiger partial charge < -0.3 is 0 Å². The number of hydrogen-bond donors (Lipinski definition) is 0. The minimum atomic E-state index is -10.7. The predicted molar refractivity (Wildman–Crippen MR) is 57.6 cm³/mol. The summed E-state index contributed by atoms with van der Waals surface area (Å²) in [6.07, 6.45) is 7.41. The summed E-state index contributed by atoms with van der Waals surface area (Å²) in [6, 6.07) is 0. The van der Waals surface area contributed by atoms with Crippen LogP contribution in [0.4, 0.5) is 25.2 Å². The summed E-state index contributed by atoms with van der Waals surface area (Å²) in [5.74, 6) is 0. The fourth-order valence-electron chi connectivity index (χ4n) is 0.876. The van der Waals surface area contributed by atoms with Gasteiger partial charge in [-0.3, -0.25) is 0 Å². The van der Waals surface area contributed by atoms with Crippen LogP contribution in [-0.4, -0.2) is 9.90 Å². The third-order valence-corrected chi connectivity index (χ3v) is 1.93. The average molecular weight is 349 g/mol. The van der Waals surface area contributed by atoms with Crippen LogP contribution in [0, 0.1) is 0 Å². The molecule has 17 heavy (non-hydrogen) atoms. The molecule has 1 aromatic heterocycles. The van der Waals surface area contributed by atoms with Gasteiger partial charge in [-0.15, -0.1) is 0 Å². The first-order valence-electron chi connectivity index (χ1n) is 4.41. The first kappa shape index (κ1) is 16.7. The molecule has 0 unspecified atom stereocenters. The molecule has 0 saturated carbocycles. The zero-order chi connectivity index (χ0) is 13.8. The van der Waals surface area contributed by atoms with E-state index in [4.69, 9.17) is 0 Å². The van der Waals surface area contributed by atoms with Gasteiger partial charge in [0, 0.05) is 5.33 Å². The second kappa shape index (κ2) is 4.76. The van der Waals surface area contributed by atoms with Crippen molar-refractivity contribution in [1.29, 1.82) is 0 Å². The Hall–Kier alpha value is -0.300. The third-order valence-electron chi connectivity index (χ3n) is 1.37. The van der Waals surface area contributed by atoms with E-state index in [0.717, 1.165) is 11.9 Å². The van der Waals surface area contributed by atoms with Crippen molar-refractivity contribution in [3.05, 3.63) is 18.7 Å². The van der Waals surface area contributed by atoms with Crippen LogP contribution in [-0.2, 0) is 13.6 Å². The van der Waals surface area contributed by atoms with Gasteiger partial charge >= 0.3 is 33.0 Å². The van der Waals surface area contributed by atoms with Crippen molar-refractivity contribution < 1.29 is 29.7 Å². The third kappa shape index (κ3) is 18.3. The molecule has 10 heteroatoms. The molecular formula is C7H12BrF6N2P. The van der Waals surface area contributed by atoms with E-state index in [1.54, 1.807) is 0 Å². The van der Waals surface area contributed by atoms with Gasteiger partial charge in [-0.05, 0) is 6.42 Å². The number of halogens is 7. The molecule has 0 aliphatic rings. The number of hydrogen-bond acceptors (Lipinski definition) is 0. The van der Waals surface area contributed by atoms with E-state index in [1.165, 1.54) is 6.42 Å². The van der Waals surface area contributed by atoms with Crippen LogP contribution >= 0.6 is 23.7 Å². The Balaban J connectivity index is 0.000000325. The van der Waals surface area contributed by atoms with Crippen LogP contribution in [0.15, 0.2) is 18.7 Å². The molecule has 1 aromatic rings. The summed E-state index contributed by atoms with van der Waals surface area (Å²) in [4.78, 5) is 0. The van der Waals surface area contributed by atoms with Gasteiger partial charge in [-0.2, -0.15) is 0 Å². The van der Waals surface area contributed by atoms with Gasteiger partial charge in [0.25, 0.3) is 0 Å². The predicted octanol–water partition coefficient (Wildman–Crippen LogP) is 4.48. The van der Waals surface area contributed by atoms with E-state index in [2.05, 4.69) is 33.0 Å². The maximum absolute atomic E-state index is 10.7. The Morgan fingerprint density at radius 3 is 1.94 bits per heavy atom. The van der Waals surface area contributed by atoms with Crippen molar-refractivity contribution >= 4 is 23.7 Å². The Labute approximate surface area is 103 Å². The minimum absolute atomic E-state index is 1.08. The van der Waals surface area contributed by atoms with Crippen molar-refractivity contribution in [2.75, 3.05) is 5.33 Å². The quantitative estimate of drug-likeness (QED) is 0.329. The first-order chi connectivity index (χ1) is 7.28. The molecule has 0 atom stereocenters. The van der Waals surface area contributed by atoms with Gasteiger partial charge in [0.15, 0.2) is 0 Å². The molecule has 0 amide bonds. The van der Waals surface area contributed by atoms with Crippen molar-refractivity contribution in [3.63, 3.8) is 0 Å². The van der Waals surface area contributed by atoms with Gasteiger partial charge in [0.05, 0.1) is 13.6 Å². The van der Waals surface area contributed by atoms with E-state index in [0.29, 0.717) is 0 Å². The summed E-state index contributed by atoms with van der Waals surface area (Å²) in [6.45, 7) is 1.10. The topological polar surface area (TPSA) is 8.81 Å². The molecule has 0 spiro atoms. The standard InChI is InChI=1S/C7H12BrN2.F6P/c1-9-5-6-10(7-9)4-2-3-8;1-7(2,3,4,5)6/h5-7H,2-4H2,1H3;/q+1;-1. The van der Waals surface area contributed by atoms with Crippen molar-refractivity contribution in [2.24, 2.45) is 7.05 Å². The molecule has 0 fully saturated rings. The van der Waals surface area contributed by atoms with Gasteiger partial charge in [-0.1, -0.05) is 15.9 Å². The first-order valence-corrected chi connectivity index (χ1v) is 7.56. The van der Waals surface area contributed by atoms with E-state index in [-0.39, 0.29) is 0 Å². The molecule has 2 nitrogen and oxygen atoms in total. The number of alkyl halides is 1. The Morgan fingerprint density at radius 2 is 1.65 bits per heavy atom. The molecule has 0 N–H and O–H groups in total. The normalized spacial score (nSPS) is 15.5. The number of aromatic nitrogens is 2. The van der Waals surface area contributed by atoms with E-state index >= 15 is 0 Å². The van der Waals surface area contributed by atoms with E-state index in [9.17, 15) is 25.2 Å². The van der Waals surface area contributed by atoms with Crippen LogP contribution in [0.25, 0.3) is 0 Å². The average Bonchev–Trinajstić information content (AvgIpc) is 2.42. The molecule has 1 heterocycles. The fourth-order valence-corrected chi connectivity index (χ4v) is 1.13. The molecule has 104 valence electrons. The van der Waals surface area contributed by atoms with Crippen LogP contribution in [0.3, 0.4) is 0 Å². The molecule has 0 aliphatic carbocycles. The molecule has 0 aliphatic heterocycles. The Morgan fingerprint density at radius 1 is 1.18 bits per heavy atom. The van der Waals surface area contributed by atoms with Crippen molar-refractivity contribution in [3.8, 4) is 0 Å². The fraction of sp³-hybridized carbons (Fsp3) is 0.571. The second-order valence-electron chi connectivity index (χ2n) is 3.32. The summed E-state index contributed by atoms with van der Waals surface area (Å²) in [7, 11) is -8.63. The van der Waals surface area contributed by atoms with Crippen LogP contribution in [0.5, 0.6) is 0 Å². The SMILES string of the molecule is C[n+]1ccn(CCCBr)c1.F[P-](F)(F)(F)(F)F. The van der Waals surface area contributed by atoms with Crippen molar-refractivity contribution in [1.82, 2.24) is 4.57 Å². The number of imidazole rings is 1. The zero-order valence-corrected chi connectivity index (χ0v) is 11.3. The molecule has 0 radical (unpaired) electrons. The molecule has 0 bridgehead atoms. The van der Waals surface area contributed by atoms with Crippen LogP contribution in [0.2, 0.25) is 0 Å². The Bertz CT molecular complexity index is 347. The van der Waals surface area contributed by atoms with Crippen LogP contribution < -0.4 is 4.57 Å². The monoisotopic (exact) mass is 348 g/mol. The number of nitrogens with zero attached hydrogens (tertiary/aromatic N) is 2. The van der Waals surface area contributed by atoms with E-state index in [1.807, 2.05) is 17.8 Å².